The largest absolute Gasteiger partial charge is 0.327 e. The Morgan fingerprint density at radius 3 is 2.51 bits per heavy atom. The minimum atomic E-state index is -3.96. The summed E-state index contributed by atoms with van der Waals surface area (Å²) in [6.45, 7) is 2.23. The number of amides is 3. The van der Waals surface area contributed by atoms with Gasteiger partial charge in [0.2, 0.25) is 15.9 Å². The monoisotopic (exact) mass is 513 g/mol. The van der Waals surface area contributed by atoms with Crippen molar-refractivity contribution in [2.24, 2.45) is 11.8 Å². The fourth-order valence-corrected chi connectivity index (χ4v) is 8.34. The zero-order valence-electron chi connectivity index (χ0n) is 24.1. The maximum absolute atomic E-state index is 13.8. The van der Waals surface area contributed by atoms with Crippen LogP contribution in [0.5, 0.6) is 0 Å². The van der Waals surface area contributed by atoms with E-state index in [9.17, 15) is 18.0 Å². The number of rotatable bonds is 7. The van der Waals surface area contributed by atoms with Crippen molar-refractivity contribution in [3.05, 3.63) is 0 Å². The molecule has 3 amide bonds. The second kappa shape index (κ2) is 9.24. The number of nitrogens with one attached hydrogen (secondary N) is 2. The van der Waals surface area contributed by atoms with Crippen molar-refractivity contribution < 1.29 is 22.1 Å². The molecular formula is C24H42N6O4S. The van der Waals surface area contributed by atoms with Gasteiger partial charge < -0.3 is 9.80 Å². The first kappa shape index (κ1) is 21.8. The van der Waals surface area contributed by atoms with E-state index in [4.69, 9.17) is 4.11 Å². The van der Waals surface area contributed by atoms with Crippen molar-refractivity contribution in [1.82, 2.24) is 29.9 Å². The Labute approximate surface area is 214 Å². The molecule has 3 heterocycles. The second-order valence-electron chi connectivity index (χ2n) is 11.7. The predicted octanol–water partition coefficient (Wildman–Crippen LogP) is 0.809. The van der Waals surface area contributed by atoms with Gasteiger partial charge in [0, 0.05) is 54.5 Å². The van der Waals surface area contributed by atoms with Crippen molar-refractivity contribution in [1.29, 1.82) is 0 Å². The van der Waals surface area contributed by atoms with E-state index in [2.05, 4.69) is 22.0 Å². The second-order valence-corrected chi connectivity index (χ2v) is 13.6. The third kappa shape index (κ3) is 5.12. The van der Waals surface area contributed by atoms with Crippen LogP contribution in [0.1, 0.15) is 62.8 Å². The maximum atomic E-state index is 13.8. The van der Waals surface area contributed by atoms with Crippen LogP contribution in [0.2, 0.25) is 0 Å². The Kier molecular flexibility index (Phi) is 5.75. The first-order chi connectivity index (χ1) is 17.7. The van der Waals surface area contributed by atoms with Crippen LogP contribution < -0.4 is 10.1 Å². The Morgan fingerprint density at radius 1 is 1.14 bits per heavy atom. The van der Waals surface area contributed by atoms with Crippen molar-refractivity contribution in [3.63, 3.8) is 0 Å². The lowest BCUT2D eigenvalue weighted by Crippen LogP contribution is -2.66. The van der Waals surface area contributed by atoms with Crippen LogP contribution >= 0.6 is 0 Å². The average molecular weight is 514 g/mol. The quantitative estimate of drug-likeness (QED) is 0.519. The minimum Gasteiger partial charge on any atom is -0.319 e. The van der Waals surface area contributed by atoms with Crippen LogP contribution in [-0.4, -0.2) is 109 Å². The molecule has 3 aliphatic heterocycles. The number of likely N-dealkylation sites (tertiary alicyclic amines) is 1. The minimum absolute atomic E-state index is 0.0932. The van der Waals surface area contributed by atoms with Crippen LogP contribution in [0.3, 0.4) is 0 Å². The van der Waals surface area contributed by atoms with Gasteiger partial charge in [-0.2, -0.15) is 0 Å². The zero-order valence-corrected chi connectivity index (χ0v) is 21.9. The Hall–Kier alpha value is -1.27. The molecule has 198 valence electrons. The molecule has 11 heteroatoms. The molecule has 2 saturated carbocycles. The smallest absolute Gasteiger partial charge is 0.319 e. The molecular weight excluding hydrogens is 468 g/mol. The van der Waals surface area contributed by atoms with Crippen molar-refractivity contribution in [2.75, 3.05) is 40.3 Å². The molecule has 0 aromatic carbocycles. The topological polar surface area (TPSA) is 105 Å². The lowest BCUT2D eigenvalue weighted by molar-refractivity contribution is -0.141. The maximum Gasteiger partial charge on any atom is 0.327 e. The molecule has 0 bridgehead atoms. The molecule has 2 N–H and O–H groups in total. The molecule has 0 aromatic heterocycles. The van der Waals surface area contributed by atoms with Gasteiger partial charge in [0.25, 0.3) is 0 Å². The molecule has 3 saturated heterocycles. The van der Waals surface area contributed by atoms with Crippen LogP contribution in [0.4, 0.5) is 4.79 Å². The summed E-state index contributed by atoms with van der Waals surface area (Å²) in [6, 6.07) is -0.241. The molecule has 0 aromatic rings. The van der Waals surface area contributed by atoms with Gasteiger partial charge >= 0.3 is 6.03 Å². The van der Waals surface area contributed by atoms with E-state index < -0.39 is 33.6 Å². The number of fused-ring (bicyclic) bond motifs is 1. The molecule has 0 spiro atoms. The molecule has 2 aliphatic carbocycles. The van der Waals surface area contributed by atoms with E-state index >= 15 is 0 Å². The van der Waals surface area contributed by atoms with Crippen LogP contribution in [0.15, 0.2) is 0 Å². The van der Waals surface area contributed by atoms with Crippen LogP contribution in [0, 0.1) is 11.8 Å². The van der Waals surface area contributed by atoms with Crippen molar-refractivity contribution in [2.45, 2.75) is 87.6 Å². The summed E-state index contributed by atoms with van der Waals surface area (Å²) in [6.07, 6.45) is 3.13. The van der Waals surface area contributed by atoms with Gasteiger partial charge in [-0.15, -0.1) is 0 Å². The number of nitrogens with zero attached hydrogens (tertiary/aromatic N) is 4. The molecule has 5 aliphatic rings. The summed E-state index contributed by atoms with van der Waals surface area (Å²) in [5, 5.41) is 1.17. The molecule has 10 nitrogen and oxygen atoms in total. The summed E-state index contributed by atoms with van der Waals surface area (Å²) >= 11 is 0. The number of carbonyl (C=O) groups excluding carboxylic acids is 2. The Morgan fingerprint density at radius 2 is 1.91 bits per heavy atom. The van der Waals surface area contributed by atoms with Crippen LogP contribution in [-0.2, 0) is 14.8 Å². The highest BCUT2D eigenvalue weighted by molar-refractivity contribution is 7.90. The van der Waals surface area contributed by atoms with E-state index in [1.807, 2.05) is 24.0 Å². The van der Waals surface area contributed by atoms with E-state index in [1.54, 1.807) is 0 Å². The summed E-state index contributed by atoms with van der Waals surface area (Å²) in [5.74, 6) is -0.711. The third-order valence-electron chi connectivity index (χ3n) is 8.69. The Balaban J connectivity index is 1.37. The molecule has 35 heavy (non-hydrogen) atoms. The predicted molar refractivity (Wildman–Crippen MR) is 133 cm³/mol. The van der Waals surface area contributed by atoms with E-state index in [0.717, 1.165) is 25.9 Å². The highest BCUT2D eigenvalue weighted by atomic mass is 32.2. The fraction of sp³-hybridized carbons (Fsp3) is 0.917. The lowest BCUT2D eigenvalue weighted by Gasteiger charge is -2.49. The fourth-order valence-electron chi connectivity index (χ4n) is 6.52. The molecule has 0 radical (unpaired) electrons. The number of sulfonamides is 1. The number of likely N-dealkylation sites (N-methyl/N-ethyl adjacent to an activating group) is 1. The van der Waals surface area contributed by atoms with Gasteiger partial charge in [-0.1, -0.05) is 0 Å². The number of hydrazine groups is 1. The SMILES string of the molecule is [2H]C([2H])([2H])C1(NS(=O)(=O)C2CCC3C(C2)C(=O)N(CC2CCN(C)C2)C(=O)N3CC2CC(C)NN2C)CC1. The molecule has 6 atom stereocenters. The normalized spacial score (nSPS) is 39.9. The molecule has 5 rings (SSSR count). The van der Waals surface area contributed by atoms with Gasteiger partial charge in [-0.25, -0.2) is 22.9 Å². The standard InChI is InChI=1S/C24H42N6O4S/c1-16-11-18(28(4)25-16)15-29-21-6-5-19(35(33,34)26-24(2)8-9-24)12-20(21)22(31)30(23(29)32)14-17-7-10-27(3)13-17/h16-21,25-26H,5-15H2,1-4H3/i2D3. The lowest BCUT2D eigenvalue weighted by atomic mass is 9.80. The number of carbonyl (C=O) groups is 2. The van der Waals surface area contributed by atoms with Crippen LogP contribution in [0.25, 0.3) is 0 Å². The number of imide groups is 1. The zero-order chi connectivity index (χ0) is 27.6. The molecule has 6 unspecified atom stereocenters. The number of urea groups is 1. The molecule has 5 fully saturated rings. The first-order valence-corrected chi connectivity index (χ1v) is 14.6. The first-order valence-electron chi connectivity index (χ1n) is 14.5. The number of hydrogen-bond acceptors (Lipinski definition) is 7. The van der Waals surface area contributed by atoms with Crippen molar-refractivity contribution in [3.8, 4) is 0 Å². The summed E-state index contributed by atoms with van der Waals surface area (Å²) in [7, 11) is 0.0317. The van der Waals surface area contributed by atoms with Crippen molar-refractivity contribution >= 4 is 22.0 Å². The third-order valence-corrected chi connectivity index (χ3v) is 10.7. The van der Waals surface area contributed by atoms with Gasteiger partial charge in [-0.3, -0.25) is 15.1 Å². The Bertz CT molecular complexity index is 1050. The summed E-state index contributed by atoms with van der Waals surface area (Å²) in [4.78, 5) is 33.0. The summed E-state index contributed by atoms with van der Waals surface area (Å²) < 4.78 is 52.7. The number of hydrogen-bond donors (Lipinski definition) is 2. The van der Waals surface area contributed by atoms with E-state index in [1.165, 1.54) is 4.90 Å². The highest BCUT2D eigenvalue weighted by Gasteiger charge is 2.53. The van der Waals surface area contributed by atoms with E-state index in [0.29, 0.717) is 19.5 Å². The van der Waals surface area contributed by atoms with E-state index in [-0.39, 0.29) is 61.7 Å². The summed E-state index contributed by atoms with van der Waals surface area (Å²) in [5.41, 5.74) is 1.98. The van der Waals surface area contributed by atoms with Gasteiger partial charge in [-0.05, 0) is 78.2 Å². The van der Waals surface area contributed by atoms with Gasteiger partial charge in [0.05, 0.1) is 11.2 Å². The average Bonchev–Trinajstić information content (AvgIpc) is 3.39. The van der Waals surface area contributed by atoms with Gasteiger partial charge in [0.15, 0.2) is 0 Å². The van der Waals surface area contributed by atoms with Gasteiger partial charge in [0.1, 0.15) is 0 Å². The highest BCUT2D eigenvalue weighted by Crippen LogP contribution is 2.40.